The van der Waals surface area contributed by atoms with Gasteiger partial charge in [-0.2, -0.15) is 8.42 Å². The van der Waals surface area contributed by atoms with Crippen molar-refractivity contribution in [3.63, 3.8) is 0 Å². The Morgan fingerprint density at radius 1 is 1.33 bits per heavy atom. The van der Waals surface area contributed by atoms with Crippen LogP contribution in [0.4, 0.5) is 0 Å². The molecule has 0 aliphatic heterocycles. The third-order valence-corrected chi connectivity index (χ3v) is 3.46. The van der Waals surface area contributed by atoms with E-state index in [2.05, 4.69) is 4.18 Å². The van der Waals surface area contributed by atoms with Crippen molar-refractivity contribution in [2.24, 2.45) is 0 Å². The monoisotopic (exact) mass is 270 g/mol. The molecule has 1 N–H and O–H groups in total. The van der Waals surface area contributed by atoms with Crippen molar-refractivity contribution < 1.29 is 22.5 Å². The zero-order chi connectivity index (χ0) is 13.8. The molecule has 0 radical (unpaired) electrons. The third kappa shape index (κ3) is 3.68. The van der Waals surface area contributed by atoms with Crippen LogP contribution in [0.15, 0.2) is 41.3 Å². The number of carboxylic acid groups (broad SMARTS) is 1. The fourth-order valence-corrected chi connectivity index (χ4v) is 2.23. The van der Waals surface area contributed by atoms with E-state index in [0.717, 1.165) is 11.6 Å². The fraction of sp³-hybridized carbons (Fsp3) is 0.250. The van der Waals surface area contributed by atoms with Crippen LogP contribution in [0.3, 0.4) is 0 Å². The zero-order valence-electron chi connectivity index (χ0n) is 10.0. The number of benzene rings is 1. The first-order valence-electron chi connectivity index (χ1n) is 5.22. The van der Waals surface area contributed by atoms with E-state index in [4.69, 9.17) is 5.11 Å². The van der Waals surface area contributed by atoms with E-state index < -0.39 is 22.2 Å². The number of allylic oxidation sites excluding steroid dienone is 1. The van der Waals surface area contributed by atoms with Gasteiger partial charge in [0.25, 0.3) is 10.1 Å². The van der Waals surface area contributed by atoms with E-state index in [-0.39, 0.29) is 4.90 Å². The Hall–Kier alpha value is -1.66. The smallest absolute Gasteiger partial charge is 0.338 e. The second-order valence-corrected chi connectivity index (χ2v) is 5.22. The molecule has 1 aromatic carbocycles. The van der Waals surface area contributed by atoms with Crippen molar-refractivity contribution >= 4 is 16.1 Å². The summed E-state index contributed by atoms with van der Waals surface area (Å²) in [5.41, 5.74) is 0.900. The molecule has 0 saturated carbocycles. The maximum atomic E-state index is 11.8. The van der Waals surface area contributed by atoms with E-state index >= 15 is 0 Å². The number of carboxylic acids is 1. The summed E-state index contributed by atoms with van der Waals surface area (Å²) in [6, 6.07) is 5.97. The highest BCUT2D eigenvalue weighted by Crippen LogP contribution is 2.15. The second-order valence-electron chi connectivity index (χ2n) is 3.65. The number of hydrogen-bond acceptors (Lipinski definition) is 4. The number of carbonyl (C=O) groups is 1. The molecule has 0 aliphatic carbocycles. The molecular formula is C12H14O5S. The Morgan fingerprint density at radius 3 is 2.33 bits per heavy atom. The summed E-state index contributed by atoms with van der Waals surface area (Å²) in [6.45, 7) is 3.40. The van der Waals surface area contributed by atoms with Crippen molar-refractivity contribution in [3.8, 4) is 0 Å². The Kier molecular flexibility index (Phi) is 4.63. The molecule has 1 unspecified atom stereocenters. The van der Waals surface area contributed by atoms with Gasteiger partial charge in [-0.05, 0) is 32.1 Å². The molecule has 0 aliphatic rings. The van der Waals surface area contributed by atoms with E-state index in [1.54, 1.807) is 19.1 Å². The highest BCUT2D eigenvalue weighted by molar-refractivity contribution is 7.86. The maximum Gasteiger partial charge on any atom is 0.338 e. The van der Waals surface area contributed by atoms with E-state index in [1.165, 1.54) is 18.2 Å². The van der Waals surface area contributed by atoms with Gasteiger partial charge in [0.1, 0.15) is 0 Å². The summed E-state index contributed by atoms with van der Waals surface area (Å²) in [6.07, 6.45) is 1.07. The van der Waals surface area contributed by atoms with E-state index in [1.807, 2.05) is 6.92 Å². The van der Waals surface area contributed by atoms with Crippen molar-refractivity contribution in [3.05, 3.63) is 42.0 Å². The predicted octanol–water partition coefficient (Wildman–Crippen LogP) is 1.73. The molecule has 0 aromatic heterocycles. The van der Waals surface area contributed by atoms with E-state index in [9.17, 15) is 13.2 Å². The maximum absolute atomic E-state index is 11.8. The van der Waals surface area contributed by atoms with Crippen LogP contribution in [-0.2, 0) is 19.1 Å². The highest BCUT2D eigenvalue weighted by atomic mass is 32.2. The standard InChI is InChI=1S/C12H14O5S/c1-3-4-11(12(13)14)17-18(15,16)10-7-5-9(2)6-8-10/h3-8,11H,1-2H3,(H,13,14). The molecule has 5 nitrogen and oxygen atoms in total. The highest BCUT2D eigenvalue weighted by Gasteiger charge is 2.24. The Bertz CT molecular complexity index is 542. The van der Waals surface area contributed by atoms with Gasteiger partial charge in [0.2, 0.25) is 0 Å². The van der Waals surface area contributed by atoms with Gasteiger partial charge in [0.05, 0.1) is 4.90 Å². The molecule has 0 fully saturated rings. The van der Waals surface area contributed by atoms with Gasteiger partial charge < -0.3 is 5.11 Å². The van der Waals surface area contributed by atoms with Gasteiger partial charge in [0, 0.05) is 0 Å². The van der Waals surface area contributed by atoms with Gasteiger partial charge in [-0.3, -0.25) is 0 Å². The summed E-state index contributed by atoms with van der Waals surface area (Å²) < 4.78 is 28.3. The van der Waals surface area contributed by atoms with Crippen molar-refractivity contribution in [1.29, 1.82) is 0 Å². The van der Waals surface area contributed by atoms with Gasteiger partial charge in [-0.25, -0.2) is 8.98 Å². The van der Waals surface area contributed by atoms with Crippen LogP contribution in [0.5, 0.6) is 0 Å². The molecule has 0 spiro atoms. The summed E-state index contributed by atoms with van der Waals surface area (Å²) in [5.74, 6) is -1.36. The number of hydrogen-bond donors (Lipinski definition) is 1. The average molecular weight is 270 g/mol. The quantitative estimate of drug-likeness (QED) is 0.651. The van der Waals surface area contributed by atoms with Crippen molar-refractivity contribution in [1.82, 2.24) is 0 Å². The second kappa shape index (κ2) is 5.79. The molecule has 0 amide bonds. The Balaban J connectivity index is 3.00. The first kappa shape index (κ1) is 14.4. The molecule has 1 rings (SSSR count). The lowest BCUT2D eigenvalue weighted by Crippen LogP contribution is -2.25. The van der Waals surface area contributed by atoms with Crippen molar-refractivity contribution in [2.75, 3.05) is 0 Å². The van der Waals surface area contributed by atoms with Crippen molar-refractivity contribution in [2.45, 2.75) is 24.8 Å². The van der Waals surface area contributed by atoms with Gasteiger partial charge in [-0.15, -0.1) is 0 Å². The lowest BCUT2D eigenvalue weighted by atomic mass is 10.2. The average Bonchev–Trinajstić information content (AvgIpc) is 2.28. The zero-order valence-corrected chi connectivity index (χ0v) is 10.8. The number of rotatable bonds is 5. The first-order valence-corrected chi connectivity index (χ1v) is 6.63. The summed E-state index contributed by atoms with van der Waals surface area (Å²) in [7, 11) is -4.08. The first-order chi connectivity index (χ1) is 8.36. The van der Waals surface area contributed by atoms with Crippen LogP contribution in [0.2, 0.25) is 0 Å². The van der Waals surface area contributed by atoms with Gasteiger partial charge >= 0.3 is 5.97 Å². The van der Waals surface area contributed by atoms with Gasteiger partial charge in [-0.1, -0.05) is 23.8 Å². The SMILES string of the molecule is CC=CC(OS(=O)(=O)c1ccc(C)cc1)C(=O)O. The predicted molar refractivity (Wildman–Crippen MR) is 65.7 cm³/mol. The van der Waals surface area contributed by atoms with Crippen LogP contribution in [0.1, 0.15) is 12.5 Å². The van der Waals surface area contributed by atoms with Crippen LogP contribution < -0.4 is 0 Å². The number of aliphatic carboxylic acids is 1. The topological polar surface area (TPSA) is 80.7 Å². The molecule has 98 valence electrons. The Labute approximate surface area is 106 Å². The summed E-state index contributed by atoms with van der Waals surface area (Å²) in [4.78, 5) is 10.7. The summed E-state index contributed by atoms with van der Waals surface area (Å²) in [5, 5.41) is 8.82. The van der Waals surface area contributed by atoms with Crippen LogP contribution >= 0.6 is 0 Å². The molecule has 18 heavy (non-hydrogen) atoms. The summed E-state index contributed by atoms with van der Waals surface area (Å²) >= 11 is 0. The lowest BCUT2D eigenvalue weighted by molar-refractivity contribution is -0.142. The van der Waals surface area contributed by atoms with Gasteiger partial charge in [0.15, 0.2) is 6.10 Å². The minimum Gasteiger partial charge on any atom is -0.479 e. The molecule has 0 heterocycles. The largest absolute Gasteiger partial charge is 0.479 e. The molecule has 1 atom stereocenters. The van der Waals surface area contributed by atoms with Crippen LogP contribution in [0.25, 0.3) is 0 Å². The van der Waals surface area contributed by atoms with Crippen LogP contribution in [0, 0.1) is 6.92 Å². The molecule has 0 bridgehead atoms. The lowest BCUT2D eigenvalue weighted by Gasteiger charge is -2.10. The molecule has 1 aromatic rings. The minimum atomic E-state index is -4.08. The fourth-order valence-electron chi connectivity index (χ4n) is 1.23. The Morgan fingerprint density at radius 2 is 1.89 bits per heavy atom. The minimum absolute atomic E-state index is 0.0659. The van der Waals surface area contributed by atoms with E-state index in [0.29, 0.717) is 0 Å². The molecule has 0 saturated heterocycles. The third-order valence-electron chi connectivity index (χ3n) is 2.15. The van der Waals surface area contributed by atoms with Crippen LogP contribution in [-0.4, -0.2) is 25.6 Å². The molecular weight excluding hydrogens is 256 g/mol. The number of aryl methyl sites for hydroxylation is 1. The molecule has 6 heteroatoms. The normalized spacial score (nSPS) is 13.7.